The maximum Gasteiger partial charge on any atom is 0.253 e. The van der Waals surface area contributed by atoms with Gasteiger partial charge in [-0.3, -0.25) is 4.79 Å². The first-order chi connectivity index (χ1) is 8.58. The smallest absolute Gasteiger partial charge is 0.253 e. The summed E-state index contributed by atoms with van der Waals surface area (Å²) in [5.74, 6) is 0.0811. The van der Waals surface area contributed by atoms with Gasteiger partial charge in [0.2, 0.25) is 0 Å². The van der Waals surface area contributed by atoms with Gasteiger partial charge in [-0.05, 0) is 19.2 Å². The van der Waals surface area contributed by atoms with Crippen molar-refractivity contribution in [2.75, 3.05) is 33.2 Å². The van der Waals surface area contributed by atoms with Crippen LogP contribution in [0.5, 0.6) is 0 Å². The van der Waals surface area contributed by atoms with Gasteiger partial charge in [-0.2, -0.15) is 0 Å². The van der Waals surface area contributed by atoms with Crippen LogP contribution in [0, 0.1) is 0 Å². The molecule has 18 heavy (non-hydrogen) atoms. The Bertz CT molecular complexity index is 450. The Kier molecular flexibility index (Phi) is 3.93. The minimum atomic E-state index is 0.0811. The maximum absolute atomic E-state index is 12.2. The number of piperazine rings is 1. The average molecular weight is 263 g/mol. The van der Waals surface area contributed by atoms with Crippen molar-refractivity contribution in [1.82, 2.24) is 9.80 Å². The van der Waals surface area contributed by atoms with Gasteiger partial charge in [0.15, 0.2) is 0 Å². The number of rotatable bonds is 2. The Labute approximate surface area is 112 Å². The van der Waals surface area contributed by atoms with Gasteiger partial charge in [-0.1, -0.05) is 24.4 Å². The summed E-state index contributed by atoms with van der Waals surface area (Å²) in [5.41, 5.74) is 7.01. The Morgan fingerprint density at radius 1 is 1.11 bits per heavy atom. The molecule has 0 radical (unpaired) electrons. The molecule has 1 saturated heterocycles. The summed E-state index contributed by atoms with van der Waals surface area (Å²) in [7, 11) is 2.07. The van der Waals surface area contributed by atoms with Crippen molar-refractivity contribution in [3.05, 3.63) is 35.4 Å². The Morgan fingerprint density at radius 3 is 2.11 bits per heavy atom. The average Bonchev–Trinajstić information content (AvgIpc) is 2.39. The van der Waals surface area contributed by atoms with Crippen LogP contribution < -0.4 is 5.73 Å². The highest BCUT2D eigenvalue weighted by molar-refractivity contribution is 7.80. The van der Waals surface area contributed by atoms with Crippen molar-refractivity contribution < 1.29 is 4.79 Å². The monoisotopic (exact) mass is 263 g/mol. The van der Waals surface area contributed by atoms with Crippen molar-refractivity contribution in [2.24, 2.45) is 5.73 Å². The summed E-state index contributed by atoms with van der Waals surface area (Å²) in [6.07, 6.45) is 0. The number of hydrogen-bond donors (Lipinski definition) is 1. The number of nitrogens with zero attached hydrogens (tertiary/aromatic N) is 2. The highest BCUT2D eigenvalue weighted by atomic mass is 32.1. The summed E-state index contributed by atoms with van der Waals surface area (Å²) >= 11 is 4.89. The van der Waals surface area contributed by atoms with Crippen LogP contribution >= 0.6 is 12.2 Å². The standard InChI is InChI=1S/C13H17N3OS/c1-15-6-8-16(9-7-15)13(17)11-4-2-10(3-5-11)12(14)18/h2-5H,6-9H2,1H3,(H2,14,18). The molecule has 1 heterocycles. The van der Waals surface area contributed by atoms with Crippen molar-refractivity contribution in [3.8, 4) is 0 Å². The van der Waals surface area contributed by atoms with Crippen LogP contribution in [0.4, 0.5) is 0 Å². The molecule has 0 aliphatic carbocycles. The molecule has 0 bridgehead atoms. The third-order valence-electron chi connectivity index (χ3n) is 3.21. The van der Waals surface area contributed by atoms with Crippen molar-refractivity contribution in [1.29, 1.82) is 0 Å². The van der Waals surface area contributed by atoms with Gasteiger partial charge in [0.05, 0.1) is 0 Å². The summed E-state index contributed by atoms with van der Waals surface area (Å²) in [4.78, 5) is 16.7. The van der Waals surface area contributed by atoms with Crippen molar-refractivity contribution in [3.63, 3.8) is 0 Å². The highest BCUT2D eigenvalue weighted by Gasteiger charge is 2.20. The molecule has 0 atom stereocenters. The number of amides is 1. The zero-order chi connectivity index (χ0) is 13.1. The quantitative estimate of drug-likeness (QED) is 0.798. The second-order valence-electron chi connectivity index (χ2n) is 4.54. The lowest BCUT2D eigenvalue weighted by atomic mass is 10.1. The zero-order valence-electron chi connectivity index (χ0n) is 10.4. The summed E-state index contributed by atoms with van der Waals surface area (Å²) < 4.78 is 0. The fourth-order valence-electron chi connectivity index (χ4n) is 1.97. The van der Waals surface area contributed by atoms with Crippen molar-refractivity contribution in [2.45, 2.75) is 0 Å². The second-order valence-corrected chi connectivity index (χ2v) is 4.98. The van der Waals surface area contributed by atoms with E-state index in [4.69, 9.17) is 18.0 Å². The van der Waals surface area contributed by atoms with Gasteiger partial charge in [0.25, 0.3) is 5.91 Å². The molecule has 1 amide bonds. The predicted octanol–water partition coefficient (Wildman–Crippen LogP) is 0.708. The van der Waals surface area contributed by atoms with Gasteiger partial charge in [0.1, 0.15) is 4.99 Å². The van der Waals surface area contributed by atoms with Gasteiger partial charge in [-0.15, -0.1) is 0 Å². The summed E-state index contributed by atoms with van der Waals surface area (Å²) in [6.45, 7) is 3.42. The molecule has 0 saturated carbocycles. The van der Waals surface area contributed by atoms with E-state index in [9.17, 15) is 4.79 Å². The van der Waals surface area contributed by atoms with Gasteiger partial charge >= 0.3 is 0 Å². The van der Waals surface area contributed by atoms with Crippen LogP contribution in [0.2, 0.25) is 0 Å². The van der Waals surface area contributed by atoms with Crippen molar-refractivity contribution >= 4 is 23.1 Å². The molecule has 0 unspecified atom stereocenters. The first-order valence-corrected chi connectivity index (χ1v) is 6.36. The molecule has 1 aliphatic rings. The number of carbonyl (C=O) groups is 1. The van der Waals surface area contributed by atoms with E-state index in [1.807, 2.05) is 4.90 Å². The molecule has 1 fully saturated rings. The molecule has 0 aromatic heterocycles. The largest absolute Gasteiger partial charge is 0.389 e. The molecule has 2 rings (SSSR count). The third-order valence-corrected chi connectivity index (χ3v) is 3.44. The fraction of sp³-hybridized carbons (Fsp3) is 0.385. The highest BCUT2D eigenvalue weighted by Crippen LogP contribution is 2.10. The van der Waals surface area contributed by atoms with E-state index in [2.05, 4.69) is 11.9 Å². The summed E-state index contributed by atoms with van der Waals surface area (Å²) in [5, 5.41) is 0. The van der Waals surface area contributed by atoms with Crippen LogP contribution in [0.3, 0.4) is 0 Å². The molecular formula is C13H17N3OS. The van der Waals surface area contributed by atoms with Crippen LogP contribution in [0.1, 0.15) is 15.9 Å². The normalized spacial score (nSPS) is 16.6. The third kappa shape index (κ3) is 2.86. The molecule has 1 aromatic carbocycles. The van der Waals surface area contributed by atoms with Gasteiger partial charge in [0, 0.05) is 37.3 Å². The van der Waals surface area contributed by atoms with E-state index >= 15 is 0 Å². The number of likely N-dealkylation sites (N-methyl/N-ethyl adjacent to an activating group) is 1. The second kappa shape index (κ2) is 5.46. The van der Waals surface area contributed by atoms with Gasteiger partial charge in [-0.25, -0.2) is 0 Å². The summed E-state index contributed by atoms with van der Waals surface area (Å²) in [6, 6.07) is 7.17. The van der Waals surface area contributed by atoms with Crippen LogP contribution in [-0.2, 0) is 0 Å². The molecule has 5 heteroatoms. The van der Waals surface area contributed by atoms with E-state index in [0.29, 0.717) is 10.6 Å². The fourth-order valence-corrected chi connectivity index (χ4v) is 2.11. The minimum absolute atomic E-state index is 0.0811. The molecular weight excluding hydrogens is 246 g/mol. The topological polar surface area (TPSA) is 49.6 Å². The Morgan fingerprint density at radius 2 is 1.61 bits per heavy atom. The Hall–Kier alpha value is -1.46. The van der Waals surface area contributed by atoms with Crippen LogP contribution in [0.15, 0.2) is 24.3 Å². The lowest BCUT2D eigenvalue weighted by molar-refractivity contribution is 0.0664. The molecule has 1 aromatic rings. The van der Waals surface area contributed by atoms with Crippen LogP contribution in [-0.4, -0.2) is 53.9 Å². The molecule has 2 N–H and O–H groups in total. The zero-order valence-corrected chi connectivity index (χ0v) is 11.2. The Balaban J connectivity index is 2.07. The van der Waals surface area contributed by atoms with E-state index in [0.717, 1.165) is 31.7 Å². The van der Waals surface area contributed by atoms with E-state index in [-0.39, 0.29) is 5.91 Å². The van der Waals surface area contributed by atoms with E-state index in [1.54, 1.807) is 24.3 Å². The number of hydrogen-bond acceptors (Lipinski definition) is 3. The van der Waals surface area contributed by atoms with E-state index < -0.39 is 0 Å². The number of nitrogens with two attached hydrogens (primary N) is 1. The number of carbonyl (C=O) groups excluding carboxylic acids is 1. The molecule has 0 spiro atoms. The van der Waals surface area contributed by atoms with Crippen LogP contribution in [0.25, 0.3) is 0 Å². The number of thiocarbonyl (C=S) groups is 1. The van der Waals surface area contributed by atoms with Gasteiger partial charge < -0.3 is 15.5 Å². The maximum atomic E-state index is 12.2. The molecule has 4 nitrogen and oxygen atoms in total. The first kappa shape index (κ1) is 13.0. The molecule has 96 valence electrons. The molecule has 1 aliphatic heterocycles. The SMILES string of the molecule is CN1CCN(C(=O)c2ccc(C(N)=S)cc2)CC1. The lowest BCUT2D eigenvalue weighted by Crippen LogP contribution is -2.47. The minimum Gasteiger partial charge on any atom is -0.389 e. The first-order valence-electron chi connectivity index (χ1n) is 5.95. The lowest BCUT2D eigenvalue weighted by Gasteiger charge is -2.32. The number of benzene rings is 1. The van der Waals surface area contributed by atoms with E-state index in [1.165, 1.54) is 0 Å². The predicted molar refractivity (Wildman–Crippen MR) is 75.7 cm³/mol.